The first kappa shape index (κ1) is 14.1. The van der Waals surface area contributed by atoms with Crippen LogP contribution < -0.4 is 10.6 Å². The SMILES string of the molecule is CC1(C)C(NC(=O)NCC2(O)CCCC2)C2CCOC21. The fraction of sp³-hybridized carbons (Fsp3) is 0.933. The lowest BCUT2D eigenvalue weighted by molar-refractivity contribution is -0.108. The van der Waals surface area contributed by atoms with Gasteiger partial charge in [-0.25, -0.2) is 4.79 Å². The molecule has 114 valence electrons. The van der Waals surface area contributed by atoms with Crippen LogP contribution in [0.3, 0.4) is 0 Å². The van der Waals surface area contributed by atoms with Crippen LogP contribution in [0.1, 0.15) is 46.0 Å². The van der Waals surface area contributed by atoms with Gasteiger partial charge in [-0.2, -0.15) is 0 Å². The monoisotopic (exact) mass is 282 g/mol. The first-order chi connectivity index (χ1) is 9.42. The summed E-state index contributed by atoms with van der Waals surface area (Å²) in [5, 5.41) is 16.2. The Kier molecular flexibility index (Phi) is 3.45. The third-order valence-electron chi connectivity index (χ3n) is 5.50. The smallest absolute Gasteiger partial charge is 0.315 e. The molecule has 5 heteroatoms. The van der Waals surface area contributed by atoms with Gasteiger partial charge in [0.15, 0.2) is 0 Å². The number of hydrogen-bond acceptors (Lipinski definition) is 3. The highest BCUT2D eigenvalue weighted by molar-refractivity contribution is 5.74. The number of aliphatic hydroxyl groups is 1. The van der Waals surface area contributed by atoms with Gasteiger partial charge in [-0.15, -0.1) is 0 Å². The zero-order valence-corrected chi connectivity index (χ0v) is 12.4. The van der Waals surface area contributed by atoms with E-state index in [0.717, 1.165) is 38.7 Å². The summed E-state index contributed by atoms with van der Waals surface area (Å²) >= 11 is 0. The molecule has 0 aromatic rings. The topological polar surface area (TPSA) is 70.6 Å². The lowest BCUT2D eigenvalue weighted by atomic mass is 9.57. The van der Waals surface area contributed by atoms with Gasteiger partial charge in [-0.3, -0.25) is 0 Å². The van der Waals surface area contributed by atoms with E-state index in [2.05, 4.69) is 24.5 Å². The standard InChI is InChI=1S/C15H26N2O3/c1-14(2)11(10-5-8-20-12(10)14)17-13(18)16-9-15(19)6-3-4-7-15/h10-12,19H,3-9H2,1-2H3,(H2,16,17,18). The molecule has 0 aromatic carbocycles. The van der Waals surface area contributed by atoms with Crippen LogP contribution in [0.15, 0.2) is 0 Å². The van der Waals surface area contributed by atoms with Crippen molar-refractivity contribution in [3.05, 3.63) is 0 Å². The van der Waals surface area contributed by atoms with Gasteiger partial charge in [-0.1, -0.05) is 26.7 Å². The number of carbonyl (C=O) groups is 1. The number of nitrogens with one attached hydrogen (secondary N) is 2. The van der Waals surface area contributed by atoms with Crippen molar-refractivity contribution in [1.29, 1.82) is 0 Å². The number of rotatable bonds is 3. The van der Waals surface area contributed by atoms with Crippen LogP contribution >= 0.6 is 0 Å². The Morgan fingerprint density at radius 3 is 2.75 bits per heavy atom. The predicted octanol–water partition coefficient (Wildman–Crippen LogP) is 1.40. The Hall–Kier alpha value is -0.810. The third kappa shape index (κ3) is 2.31. The van der Waals surface area contributed by atoms with Gasteiger partial charge in [0.25, 0.3) is 0 Å². The molecule has 2 saturated carbocycles. The maximum atomic E-state index is 12.0. The zero-order chi connectivity index (χ0) is 14.4. The second-order valence-electron chi connectivity index (χ2n) is 7.30. The maximum Gasteiger partial charge on any atom is 0.315 e. The summed E-state index contributed by atoms with van der Waals surface area (Å²) in [5.74, 6) is 0.449. The molecule has 3 N–H and O–H groups in total. The number of urea groups is 1. The van der Waals surface area contributed by atoms with Gasteiger partial charge in [0, 0.05) is 30.5 Å². The van der Waals surface area contributed by atoms with Crippen molar-refractivity contribution in [3.8, 4) is 0 Å². The molecule has 1 saturated heterocycles. The molecule has 3 atom stereocenters. The fourth-order valence-electron chi connectivity index (χ4n) is 4.26. The molecule has 0 radical (unpaired) electrons. The fourth-order valence-corrected chi connectivity index (χ4v) is 4.26. The molecule has 2 amide bonds. The highest BCUT2D eigenvalue weighted by Gasteiger charge is 2.59. The Morgan fingerprint density at radius 2 is 2.05 bits per heavy atom. The van der Waals surface area contributed by atoms with Crippen LogP contribution in [0.25, 0.3) is 0 Å². The predicted molar refractivity (Wildman–Crippen MR) is 75.4 cm³/mol. The molecule has 5 nitrogen and oxygen atoms in total. The summed E-state index contributed by atoms with van der Waals surface area (Å²) in [6.45, 7) is 5.46. The van der Waals surface area contributed by atoms with E-state index in [4.69, 9.17) is 4.74 Å². The Bertz CT molecular complexity index is 391. The van der Waals surface area contributed by atoms with Crippen molar-refractivity contribution in [2.75, 3.05) is 13.2 Å². The van der Waals surface area contributed by atoms with Crippen LogP contribution in [0.2, 0.25) is 0 Å². The van der Waals surface area contributed by atoms with Gasteiger partial charge in [0.2, 0.25) is 0 Å². The summed E-state index contributed by atoms with van der Waals surface area (Å²) in [7, 11) is 0. The van der Waals surface area contributed by atoms with E-state index in [1.165, 1.54) is 0 Å². The molecule has 3 fully saturated rings. The first-order valence-electron chi connectivity index (χ1n) is 7.81. The lowest BCUT2D eigenvalue weighted by Crippen LogP contribution is -2.68. The second-order valence-corrected chi connectivity index (χ2v) is 7.30. The van der Waals surface area contributed by atoms with Crippen molar-refractivity contribution in [1.82, 2.24) is 10.6 Å². The quantitative estimate of drug-likeness (QED) is 0.733. The van der Waals surface area contributed by atoms with Crippen molar-refractivity contribution in [2.45, 2.75) is 63.7 Å². The van der Waals surface area contributed by atoms with Crippen LogP contribution in [-0.4, -0.2) is 42.0 Å². The summed E-state index contributed by atoms with van der Waals surface area (Å²) < 4.78 is 5.72. The van der Waals surface area contributed by atoms with Gasteiger partial charge in [0.1, 0.15) is 0 Å². The van der Waals surface area contributed by atoms with E-state index in [-0.39, 0.29) is 23.6 Å². The molecule has 3 aliphatic rings. The van der Waals surface area contributed by atoms with Crippen LogP contribution in [-0.2, 0) is 4.74 Å². The van der Waals surface area contributed by atoms with Crippen LogP contribution in [0.5, 0.6) is 0 Å². The molecule has 0 bridgehead atoms. The van der Waals surface area contributed by atoms with E-state index in [0.29, 0.717) is 12.5 Å². The Labute approximate surface area is 120 Å². The molecular formula is C15H26N2O3. The number of hydrogen-bond donors (Lipinski definition) is 3. The highest BCUT2D eigenvalue weighted by Crippen LogP contribution is 2.52. The minimum absolute atomic E-state index is 0.00274. The summed E-state index contributed by atoms with van der Waals surface area (Å²) in [6, 6.07) is 0.0157. The normalized spacial score (nSPS) is 37.0. The van der Waals surface area contributed by atoms with E-state index < -0.39 is 5.60 Å². The van der Waals surface area contributed by atoms with E-state index in [1.807, 2.05) is 0 Å². The average Bonchev–Trinajstić information content (AvgIpc) is 3.02. The van der Waals surface area contributed by atoms with Crippen molar-refractivity contribution >= 4 is 6.03 Å². The highest BCUT2D eigenvalue weighted by atomic mass is 16.5. The van der Waals surface area contributed by atoms with Gasteiger partial charge in [0.05, 0.1) is 11.7 Å². The molecule has 0 aromatic heterocycles. The largest absolute Gasteiger partial charge is 0.388 e. The minimum atomic E-state index is -0.689. The molecular weight excluding hydrogens is 256 g/mol. The van der Waals surface area contributed by atoms with Crippen molar-refractivity contribution in [3.63, 3.8) is 0 Å². The molecule has 3 rings (SSSR count). The number of carbonyl (C=O) groups excluding carboxylic acids is 1. The molecule has 1 aliphatic heterocycles. The van der Waals surface area contributed by atoms with Crippen LogP contribution in [0, 0.1) is 11.3 Å². The van der Waals surface area contributed by atoms with E-state index >= 15 is 0 Å². The zero-order valence-electron chi connectivity index (χ0n) is 12.4. The minimum Gasteiger partial charge on any atom is -0.388 e. The molecule has 0 spiro atoms. The summed E-state index contributed by atoms with van der Waals surface area (Å²) in [5.41, 5.74) is -0.686. The number of amides is 2. The Morgan fingerprint density at radius 1 is 1.35 bits per heavy atom. The van der Waals surface area contributed by atoms with Gasteiger partial charge >= 0.3 is 6.03 Å². The third-order valence-corrected chi connectivity index (χ3v) is 5.50. The second kappa shape index (κ2) is 4.88. The first-order valence-corrected chi connectivity index (χ1v) is 7.81. The average molecular weight is 282 g/mol. The van der Waals surface area contributed by atoms with Crippen LogP contribution in [0.4, 0.5) is 4.79 Å². The van der Waals surface area contributed by atoms with Gasteiger partial charge in [-0.05, 0) is 19.3 Å². The summed E-state index contributed by atoms with van der Waals surface area (Å²) in [4.78, 5) is 12.0. The number of ether oxygens (including phenoxy) is 1. The molecule has 1 heterocycles. The lowest BCUT2D eigenvalue weighted by Gasteiger charge is -2.54. The van der Waals surface area contributed by atoms with E-state index in [1.54, 1.807) is 0 Å². The Balaban J connectivity index is 1.49. The van der Waals surface area contributed by atoms with Crippen molar-refractivity contribution < 1.29 is 14.6 Å². The summed E-state index contributed by atoms with van der Waals surface area (Å²) in [6.07, 6.45) is 5.00. The maximum absolute atomic E-state index is 12.0. The molecule has 20 heavy (non-hydrogen) atoms. The number of fused-ring (bicyclic) bond motifs is 1. The molecule has 3 unspecified atom stereocenters. The van der Waals surface area contributed by atoms with Crippen molar-refractivity contribution in [2.24, 2.45) is 11.3 Å². The van der Waals surface area contributed by atoms with E-state index in [9.17, 15) is 9.90 Å². The molecule has 2 aliphatic carbocycles. The van der Waals surface area contributed by atoms with Gasteiger partial charge < -0.3 is 20.5 Å².